The maximum absolute atomic E-state index is 13.5. The zero-order valence-corrected chi connectivity index (χ0v) is 10.9. The van der Waals surface area contributed by atoms with E-state index in [1.54, 1.807) is 12.1 Å². The van der Waals surface area contributed by atoms with Gasteiger partial charge in [-0.3, -0.25) is 9.59 Å². The predicted molar refractivity (Wildman–Crippen MR) is 70.7 cm³/mol. The fourth-order valence-electron chi connectivity index (χ4n) is 1.84. The number of Topliss-reactive ketones (excluding diaryl/α,β-unsaturated/α-hetero) is 1. The number of carbonyl (C=O) groups is 2. The van der Waals surface area contributed by atoms with Crippen LogP contribution in [0.4, 0.5) is 18.9 Å². The molecule has 0 fully saturated rings. The highest BCUT2D eigenvalue weighted by Crippen LogP contribution is 2.20. The SMILES string of the molecule is CC(=O)c1ccccc1NC(=O)c1c(F)cc(F)cc1F. The molecular formula is C15H10F3NO2. The molecule has 3 nitrogen and oxygen atoms in total. The molecule has 0 bridgehead atoms. The number of hydrogen-bond donors (Lipinski definition) is 1. The summed E-state index contributed by atoms with van der Waals surface area (Å²) in [5, 5.41) is 2.25. The first-order valence-electron chi connectivity index (χ1n) is 5.96. The van der Waals surface area contributed by atoms with Crippen molar-refractivity contribution in [3.8, 4) is 0 Å². The molecule has 108 valence electrons. The Balaban J connectivity index is 2.38. The number of nitrogens with one attached hydrogen (secondary N) is 1. The van der Waals surface area contributed by atoms with Gasteiger partial charge >= 0.3 is 0 Å². The smallest absolute Gasteiger partial charge is 0.261 e. The highest BCUT2D eigenvalue weighted by Gasteiger charge is 2.20. The van der Waals surface area contributed by atoms with Crippen LogP contribution in [-0.2, 0) is 0 Å². The van der Waals surface area contributed by atoms with E-state index in [4.69, 9.17) is 0 Å². The van der Waals surface area contributed by atoms with Gasteiger partial charge in [-0.2, -0.15) is 0 Å². The molecule has 6 heteroatoms. The highest BCUT2D eigenvalue weighted by atomic mass is 19.1. The van der Waals surface area contributed by atoms with Crippen LogP contribution in [0.2, 0.25) is 0 Å². The largest absolute Gasteiger partial charge is 0.321 e. The standard InChI is InChI=1S/C15H10F3NO2/c1-8(20)10-4-2-3-5-13(10)19-15(21)14-11(17)6-9(16)7-12(14)18/h2-7H,1H3,(H,19,21). The van der Waals surface area contributed by atoms with Crippen molar-refractivity contribution in [2.24, 2.45) is 0 Å². The van der Waals surface area contributed by atoms with Crippen molar-refractivity contribution in [2.45, 2.75) is 6.92 Å². The number of para-hydroxylation sites is 1. The summed E-state index contributed by atoms with van der Waals surface area (Å²) in [5.41, 5.74) is -0.582. The first-order valence-corrected chi connectivity index (χ1v) is 5.96. The van der Waals surface area contributed by atoms with E-state index in [0.29, 0.717) is 12.1 Å². The Hall–Kier alpha value is -2.63. The van der Waals surface area contributed by atoms with E-state index in [0.717, 1.165) is 0 Å². The highest BCUT2D eigenvalue weighted by molar-refractivity contribution is 6.09. The monoisotopic (exact) mass is 293 g/mol. The zero-order chi connectivity index (χ0) is 15.6. The van der Waals surface area contributed by atoms with Crippen LogP contribution < -0.4 is 5.32 Å². The minimum atomic E-state index is -1.31. The van der Waals surface area contributed by atoms with Crippen LogP contribution in [0.1, 0.15) is 27.6 Å². The van der Waals surface area contributed by atoms with E-state index in [9.17, 15) is 22.8 Å². The van der Waals surface area contributed by atoms with E-state index in [1.807, 2.05) is 0 Å². The number of rotatable bonds is 3. The normalized spacial score (nSPS) is 10.3. The molecule has 2 aromatic carbocycles. The summed E-state index contributed by atoms with van der Waals surface area (Å²) in [6, 6.07) is 6.86. The summed E-state index contributed by atoms with van der Waals surface area (Å²) in [7, 11) is 0. The average Bonchev–Trinajstić information content (AvgIpc) is 2.37. The third kappa shape index (κ3) is 3.10. The molecule has 2 rings (SSSR count). The maximum atomic E-state index is 13.5. The predicted octanol–water partition coefficient (Wildman–Crippen LogP) is 3.56. The summed E-state index contributed by atoms with van der Waals surface area (Å²) in [4.78, 5) is 23.3. The number of anilines is 1. The lowest BCUT2D eigenvalue weighted by Gasteiger charge is -2.10. The lowest BCUT2D eigenvalue weighted by atomic mass is 10.1. The van der Waals surface area contributed by atoms with Gasteiger partial charge in [-0.15, -0.1) is 0 Å². The minimum Gasteiger partial charge on any atom is -0.321 e. The summed E-state index contributed by atoms with van der Waals surface area (Å²) in [6.45, 7) is 1.30. The molecule has 1 amide bonds. The van der Waals surface area contributed by atoms with Gasteiger partial charge in [-0.05, 0) is 19.1 Å². The van der Waals surface area contributed by atoms with Crippen LogP contribution in [0.15, 0.2) is 36.4 Å². The second-order valence-corrected chi connectivity index (χ2v) is 4.30. The molecular weight excluding hydrogens is 283 g/mol. The van der Waals surface area contributed by atoms with E-state index in [1.165, 1.54) is 19.1 Å². The molecule has 2 aromatic rings. The van der Waals surface area contributed by atoms with Gasteiger partial charge in [0.15, 0.2) is 5.78 Å². The lowest BCUT2D eigenvalue weighted by molar-refractivity contribution is 0.101. The molecule has 0 aliphatic carbocycles. The second kappa shape index (κ2) is 5.78. The number of ketones is 1. The van der Waals surface area contributed by atoms with Crippen molar-refractivity contribution in [1.82, 2.24) is 0 Å². The lowest BCUT2D eigenvalue weighted by Crippen LogP contribution is -2.17. The number of halogens is 3. The number of carbonyl (C=O) groups excluding carboxylic acids is 2. The van der Waals surface area contributed by atoms with Crippen molar-refractivity contribution in [1.29, 1.82) is 0 Å². The van der Waals surface area contributed by atoms with Crippen LogP contribution in [0.25, 0.3) is 0 Å². The van der Waals surface area contributed by atoms with E-state index in [2.05, 4.69) is 5.32 Å². The fraction of sp³-hybridized carbons (Fsp3) is 0.0667. The van der Waals surface area contributed by atoms with Crippen LogP contribution in [0.3, 0.4) is 0 Å². The fourth-order valence-corrected chi connectivity index (χ4v) is 1.84. The summed E-state index contributed by atoms with van der Waals surface area (Å²) in [5.74, 6) is -5.16. The molecule has 0 saturated heterocycles. The van der Waals surface area contributed by atoms with Gasteiger partial charge in [0.2, 0.25) is 0 Å². The summed E-state index contributed by atoms with van der Waals surface area (Å²) < 4.78 is 39.8. The van der Waals surface area contributed by atoms with Crippen LogP contribution in [-0.4, -0.2) is 11.7 Å². The Morgan fingerprint density at radius 2 is 1.57 bits per heavy atom. The molecule has 0 spiro atoms. The van der Waals surface area contributed by atoms with Crippen LogP contribution >= 0.6 is 0 Å². The number of hydrogen-bond acceptors (Lipinski definition) is 2. The average molecular weight is 293 g/mol. The Morgan fingerprint density at radius 1 is 1.00 bits per heavy atom. The van der Waals surface area contributed by atoms with E-state index in [-0.39, 0.29) is 17.0 Å². The van der Waals surface area contributed by atoms with Gasteiger partial charge in [-0.1, -0.05) is 12.1 Å². The van der Waals surface area contributed by atoms with Gasteiger partial charge in [0.1, 0.15) is 23.0 Å². The van der Waals surface area contributed by atoms with Gasteiger partial charge < -0.3 is 5.32 Å². The molecule has 0 radical (unpaired) electrons. The summed E-state index contributed by atoms with van der Waals surface area (Å²) >= 11 is 0. The summed E-state index contributed by atoms with van der Waals surface area (Å²) in [6.07, 6.45) is 0. The van der Waals surface area contributed by atoms with Gasteiger partial charge in [0.05, 0.1) is 5.69 Å². The van der Waals surface area contributed by atoms with Crippen molar-refractivity contribution in [2.75, 3.05) is 5.32 Å². The van der Waals surface area contributed by atoms with E-state index < -0.39 is 28.9 Å². The van der Waals surface area contributed by atoms with Gasteiger partial charge in [-0.25, -0.2) is 13.2 Å². The molecule has 0 saturated carbocycles. The molecule has 0 atom stereocenters. The molecule has 21 heavy (non-hydrogen) atoms. The molecule has 0 aliphatic rings. The molecule has 1 N–H and O–H groups in total. The number of benzene rings is 2. The molecule has 0 heterocycles. The third-order valence-electron chi connectivity index (χ3n) is 2.79. The van der Waals surface area contributed by atoms with Gasteiger partial charge in [0.25, 0.3) is 5.91 Å². The Kier molecular flexibility index (Phi) is 4.07. The van der Waals surface area contributed by atoms with Crippen LogP contribution in [0, 0.1) is 17.5 Å². The van der Waals surface area contributed by atoms with E-state index >= 15 is 0 Å². The molecule has 0 aromatic heterocycles. The van der Waals surface area contributed by atoms with Crippen molar-refractivity contribution < 1.29 is 22.8 Å². The topological polar surface area (TPSA) is 46.2 Å². The molecule has 0 aliphatic heterocycles. The zero-order valence-electron chi connectivity index (χ0n) is 10.9. The first kappa shape index (κ1) is 14.8. The Morgan fingerprint density at radius 3 is 2.14 bits per heavy atom. The Bertz CT molecular complexity index is 706. The van der Waals surface area contributed by atoms with Crippen molar-refractivity contribution >= 4 is 17.4 Å². The Labute approximate surface area is 118 Å². The second-order valence-electron chi connectivity index (χ2n) is 4.30. The third-order valence-corrected chi connectivity index (χ3v) is 2.79. The van der Waals surface area contributed by atoms with Crippen molar-refractivity contribution in [3.63, 3.8) is 0 Å². The maximum Gasteiger partial charge on any atom is 0.261 e. The van der Waals surface area contributed by atoms with Gasteiger partial charge in [0, 0.05) is 17.7 Å². The van der Waals surface area contributed by atoms with Crippen molar-refractivity contribution in [3.05, 3.63) is 65.0 Å². The first-order chi connectivity index (χ1) is 9.90. The quantitative estimate of drug-likeness (QED) is 0.879. The number of amides is 1. The minimum absolute atomic E-state index is 0.123. The molecule has 0 unspecified atom stereocenters. The van der Waals surface area contributed by atoms with Crippen LogP contribution in [0.5, 0.6) is 0 Å².